The highest BCUT2D eigenvalue weighted by atomic mass is 16.3. The summed E-state index contributed by atoms with van der Waals surface area (Å²) in [5.74, 6) is 0.899. The first-order valence-corrected chi connectivity index (χ1v) is 9.56. The van der Waals surface area contributed by atoms with Gasteiger partial charge in [0.2, 0.25) is 0 Å². The summed E-state index contributed by atoms with van der Waals surface area (Å²) in [6.07, 6.45) is 16.5. The van der Waals surface area contributed by atoms with Crippen molar-refractivity contribution in [2.24, 2.45) is 11.8 Å². The molecule has 2 aromatic heterocycles. The summed E-state index contributed by atoms with van der Waals surface area (Å²) in [4.78, 5) is 4.47. The van der Waals surface area contributed by atoms with E-state index in [1.54, 1.807) is 12.3 Å². The lowest BCUT2D eigenvalue weighted by atomic mass is 9.84. The van der Waals surface area contributed by atoms with E-state index in [2.05, 4.69) is 67.2 Å². The molecule has 0 bridgehead atoms. The van der Waals surface area contributed by atoms with E-state index >= 15 is 0 Å². The van der Waals surface area contributed by atoms with Gasteiger partial charge >= 0.3 is 0 Å². The first kappa shape index (κ1) is 18.1. The van der Waals surface area contributed by atoms with Crippen molar-refractivity contribution in [3.63, 3.8) is 0 Å². The molecular weight excluding hydrogens is 344 g/mol. The molecule has 0 fully saturated rings. The molecule has 0 amide bonds. The van der Waals surface area contributed by atoms with Crippen molar-refractivity contribution in [3.8, 4) is 0 Å². The third-order valence-corrected chi connectivity index (χ3v) is 5.13. The van der Waals surface area contributed by atoms with Crippen LogP contribution in [0.3, 0.4) is 0 Å². The highest BCUT2D eigenvalue weighted by Crippen LogP contribution is 2.30. The number of rotatable bonds is 5. The van der Waals surface area contributed by atoms with Crippen molar-refractivity contribution in [2.75, 3.05) is 5.32 Å². The molecule has 1 aliphatic carbocycles. The van der Waals surface area contributed by atoms with Crippen LogP contribution in [-0.2, 0) is 0 Å². The lowest BCUT2D eigenvalue weighted by Gasteiger charge is -2.22. The fourth-order valence-corrected chi connectivity index (χ4v) is 3.72. The van der Waals surface area contributed by atoms with Gasteiger partial charge in [0.15, 0.2) is 5.58 Å². The van der Waals surface area contributed by atoms with Gasteiger partial charge in [-0.3, -0.25) is 4.98 Å². The number of hydrogen-bond acceptors (Lipinski definition) is 3. The van der Waals surface area contributed by atoms with E-state index in [4.69, 9.17) is 4.42 Å². The maximum absolute atomic E-state index is 5.87. The largest absolute Gasteiger partial charge is 0.454 e. The van der Waals surface area contributed by atoms with Gasteiger partial charge in [0, 0.05) is 28.9 Å². The molecule has 2 atom stereocenters. The number of benzene rings is 1. The Kier molecular flexibility index (Phi) is 4.98. The van der Waals surface area contributed by atoms with E-state index in [-0.39, 0.29) is 0 Å². The van der Waals surface area contributed by atoms with Gasteiger partial charge in [0.1, 0.15) is 11.1 Å². The Morgan fingerprint density at radius 2 is 2.04 bits per heavy atom. The fourth-order valence-electron chi connectivity index (χ4n) is 3.72. The summed E-state index contributed by atoms with van der Waals surface area (Å²) in [5, 5.41) is 4.52. The average molecular weight is 368 g/mol. The maximum Gasteiger partial charge on any atom is 0.153 e. The number of allylic oxidation sites excluding steroid dienone is 8. The number of fused-ring (bicyclic) bond motifs is 3. The van der Waals surface area contributed by atoms with Crippen molar-refractivity contribution in [1.82, 2.24) is 4.98 Å². The van der Waals surface area contributed by atoms with Crippen LogP contribution in [0.4, 0.5) is 5.69 Å². The van der Waals surface area contributed by atoms with Crippen LogP contribution in [0.25, 0.3) is 22.1 Å². The zero-order chi connectivity index (χ0) is 19.5. The number of nitrogens with zero attached hydrogens (tertiary/aromatic N) is 1. The van der Waals surface area contributed by atoms with Gasteiger partial charge in [-0.15, -0.1) is 0 Å². The number of hydrogen-bond donors (Lipinski definition) is 1. The fraction of sp³-hybridized carbons (Fsp3) is 0.160. The minimum atomic E-state index is 0.407. The van der Waals surface area contributed by atoms with Crippen LogP contribution in [0, 0.1) is 11.8 Å². The molecule has 0 aliphatic heterocycles. The monoisotopic (exact) mass is 368 g/mol. The van der Waals surface area contributed by atoms with Crippen LogP contribution < -0.4 is 5.32 Å². The standard InChI is InChI=1S/C25H24N2O/c1-4-8-19(15-18(3)21-10-6-5-9-17(21)2)27-20-12-13-23-22(16-20)25-24(28-23)11-7-14-26-25/h4-17,21,27H,1H2,2-3H3/b18-15+,19-8+. The Bertz CT molecular complexity index is 1140. The number of nitrogens with one attached hydrogen (secondary N) is 1. The van der Waals surface area contributed by atoms with Crippen molar-refractivity contribution in [3.05, 3.63) is 96.9 Å². The number of pyridine rings is 1. The van der Waals surface area contributed by atoms with Crippen LogP contribution in [0.2, 0.25) is 0 Å². The minimum absolute atomic E-state index is 0.407. The smallest absolute Gasteiger partial charge is 0.153 e. The van der Waals surface area contributed by atoms with Crippen molar-refractivity contribution < 1.29 is 4.42 Å². The summed E-state index contributed by atoms with van der Waals surface area (Å²) in [6.45, 7) is 8.29. The number of anilines is 1. The molecule has 28 heavy (non-hydrogen) atoms. The van der Waals surface area contributed by atoms with Crippen molar-refractivity contribution >= 4 is 27.8 Å². The Balaban J connectivity index is 1.65. The molecule has 3 nitrogen and oxygen atoms in total. The third kappa shape index (κ3) is 3.56. The van der Waals surface area contributed by atoms with Gasteiger partial charge in [0.05, 0.1) is 0 Å². The second-order valence-electron chi connectivity index (χ2n) is 7.19. The summed E-state index contributed by atoms with van der Waals surface area (Å²) in [7, 11) is 0. The molecule has 140 valence electrons. The topological polar surface area (TPSA) is 38.1 Å². The lowest BCUT2D eigenvalue weighted by molar-refractivity contribution is 0.576. The van der Waals surface area contributed by atoms with Crippen LogP contribution in [-0.4, -0.2) is 4.98 Å². The SMILES string of the molecule is C=C/C=C(\C=C(/C)C1C=CC=CC1C)Nc1ccc2oc3cccnc3c2c1. The predicted octanol–water partition coefficient (Wildman–Crippen LogP) is 6.79. The zero-order valence-corrected chi connectivity index (χ0v) is 16.2. The molecule has 0 radical (unpaired) electrons. The molecule has 0 spiro atoms. The Morgan fingerprint density at radius 3 is 2.86 bits per heavy atom. The third-order valence-electron chi connectivity index (χ3n) is 5.13. The molecule has 0 saturated carbocycles. The summed E-state index contributed by atoms with van der Waals surface area (Å²) in [6, 6.07) is 9.92. The van der Waals surface area contributed by atoms with Crippen LogP contribution in [0.1, 0.15) is 13.8 Å². The molecule has 3 heteroatoms. The molecule has 0 saturated heterocycles. The van der Waals surface area contributed by atoms with E-state index in [1.165, 1.54) is 5.57 Å². The Morgan fingerprint density at radius 1 is 1.18 bits per heavy atom. The van der Waals surface area contributed by atoms with E-state index in [0.717, 1.165) is 33.5 Å². The van der Waals surface area contributed by atoms with Gasteiger partial charge in [-0.1, -0.05) is 49.5 Å². The van der Waals surface area contributed by atoms with Crippen molar-refractivity contribution in [2.45, 2.75) is 13.8 Å². The normalized spacial score (nSPS) is 20.1. The zero-order valence-electron chi connectivity index (χ0n) is 16.2. The summed E-state index contributed by atoms with van der Waals surface area (Å²) >= 11 is 0. The Labute approximate surface area is 165 Å². The Hall–Kier alpha value is -3.33. The number of aromatic nitrogens is 1. The molecular formula is C25H24N2O. The minimum Gasteiger partial charge on any atom is -0.454 e. The van der Waals surface area contributed by atoms with E-state index in [0.29, 0.717) is 11.8 Å². The highest BCUT2D eigenvalue weighted by molar-refractivity contribution is 6.03. The summed E-state index contributed by atoms with van der Waals surface area (Å²) < 4.78 is 5.87. The molecule has 4 rings (SSSR count). The van der Waals surface area contributed by atoms with Crippen molar-refractivity contribution in [1.29, 1.82) is 0 Å². The van der Waals surface area contributed by atoms with Gasteiger partial charge in [-0.2, -0.15) is 0 Å². The van der Waals surface area contributed by atoms with Gasteiger partial charge < -0.3 is 9.73 Å². The first-order valence-electron chi connectivity index (χ1n) is 9.56. The van der Waals surface area contributed by atoms with Gasteiger partial charge in [-0.05, 0) is 55.3 Å². The highest BCUT2D eigenvalue weighted by Gasteiger charge is 2.16. The quantitative estimate of drug-likeness (QED) is 0.504. The van der Waals surface area contributed by atoms with Crippen LogP contribution in [0.15, 0.2) is 101 Å². The number of furan rings is 1. The van der Waals surface area contributed by atoms with E-state index < -0.39 is 0 Å². The predicted molar refractivity (Wildman–Crippen MR) is 118 cm³/mol. The van der Waals surface area contributed by atoms with Crippen LogP contribution >= 0.6 is 0 Å². The van der Waals surface area contributed by atoms with E-state index in [9.17, 15) is 0 Å². The second-order valence-corrected chi connectivity index (χ2v) is 7.19. The average Bonchev–Trinajstić information content (AvgIpc) is 3.06. The first-order chi connectivity index (χ1) is 13.7. The lowest BCUT2D eigenvalue weighted by Crippen LogP contribution is -2.11. The molecule has 1 aromatic carbocycles. The maximum atomic E-state index is 5.87. The van der Waals surface area contributed by atoms with Gasteiger partial charge in [-0.25, -0.2) is 0 Å². The van der Waals surface area contributed by atoms with E-state index in [1.807, 2.05) is 30.3 Å². The summed E-state index contributed by atoms with van der Waals surface area (Å²) in [5.41, 5.74) is 5.83. The molecule has 2 heterocycles. The second kappa shape index (κ2) is 7.73. The molecule has 3 aromatic rings. The van der Waals surface area contributed by atoms with Gasteiger partial charge in [0.25, 0.3) is 0 Å². The molecule has 1 N–H and O–H groups in total. The van der Waals surface area contributed by atoms with Crippen LogP contribution in [0.5, 0.6) is 0 Å². The molecule has 1 aliphatic rings. The molecule has 2 unspecified atom stereocenters.